The van der Waals surface area contributed by atoms with Crippen molar-refractivity contribution in [2.24, 2.45) is 11.8 Å². The van der Waals surface area contributed by atoms with Crippen LogP contribution in [-0.4, -0.2) is 129 Å². The summed E-state index contributed by atoms with van der Waals surface area (Å²) in [7, 11) is 8.31. The summed E-state index contributed by atoms with van der Waals surface area (Å²) in [5, 5.41) is 40.4. The average molecular weight is 809 g/mol. The highest BCUT2D eigenvalue weighted by atomic mass is 16.7. The van der Waals surface area contributed by atoms with E-state index in [0.717, 1.165) is 41.8 Å². The predicted octanol–water partition coefficient (Wildman–Crippen LogP) is 3.09. The van der Waals surface area contributed by atoms with Crippen molar-refractivity contribution in [3.8, 4) is 34.5 Å². The van der Waals surface area contributed by atoms with E-state index in [1.165, 1.54) is 33.4 Å². The topological polar surface area (TPSA) is 212 Å². The van der Waals surface area contributed by atoms with Crippen LogP contribution in [0.25, 0.3) is 0 Å². The maximum absolute atomic E-state index is 13.8. The molecule has 7 rings (SSSR count). The van der Waals surface area contributed by atoms with E-state index in [9.17, 15) is 34.8 Å². The minimum atomic E-state index is -1.91. The number of ether oxygens (including phenoxy) is 8. The van der Waals surface area contributed by atoms with Crippen LogP contribution < -0.4 is 33.3 Å². The molecule has 312 valence electrons. The second kappa shape index (κ2) is 16.9. The van der Waals surface area contributed by atoms with Gasteiger partial charge in [-0.05, 0) is 92.5 Å². The number of carboxylic acids is 1. The molecule has 1 amide bonds. The standard InChI is InChI=1S/C41H48N2O15/c1-42(2)13-9-8-10-21-22-16-27-28(55-19-54-27)17-23(22)31(32-24(21)18-53-39(32)49)20-14-29(51-4)36(30(15-20)52-5)58-41(50)43(3)25-11-6-7-12-26(25)56-40-35(46)33(44)34(45)37(57-40)38(47)48/h6-7,11-12,14-17,21,24,31-35,37,40,44-46H,8-10,13,18-19H2,1-5H3,(H,47,48)/t21?,24-,31-,32+,33?,34+,35+,37?,40-/m1/s1. The smallest absolute Gasteiger partial charge is 0.419 e. The van der Waals surface area contributed by atoms with Gasteiger partial charge in [-0.2, -0.15) is 0 Å². The Kier molecular flexibility index (Phi) is 11.9. The number of nitrogens with zero attached hydrogens (tertiary/aromatic N) is 2. The summed E-state index contributed by atoms with van der Waals surface area (Å²) in [5.41, 5.74) is 2.74. The number of fused-ring (bicyclic) bond motifs is 3. The molecule has 3 aromatic carbocycles. The number of anilines is 1. The second-order valence-corrected chi connectivity index (χ2v) is 15.0. The zero-order valence-corrected chi connectivity index (χ0v) is 32.7. The number of carboxylic acid groups (broad SMARTS) is 1. The molecule has 4 N–H and O–H groups in total. The molecule has 3 aromatic rings. The molecule has 58 heavy (non-hydrogen) atoms. The van der Waals surface area contributed by atoms with E-state index in [4.69, 9.17) is 37.9 Å². The lowest BCUT2D eigenvalue weighted by Gasteiger charge is -2.39. The molecule has 3 unspecified atom stereocenters. The lowest BCUT2D eigenvalue weighted by atomic mass is 9.62. The zero-order valence-electron chi connectivity index (χ0n) is 32.7. The molecule has 3 heterocycles. The number of para-hydroxylation sites is 2. The van der Waals surface area contributed by atoms with E-state index in [1.54, 1.807) is 24.3 Å². The van der Waals surface area contributed by atoms with Gasteiger partial charge in [0.05, 0.1) is 32.4 Å². The zero-order chi connectivity index (χ0) is 41.4. The van der Waals surface area contributed by atoms with Crippen LogP contribution in [0, 0.1) is 11.8 Å². The van der Waals surface area contributed by atoms with Crippen molar-refractivity contribution in [1.82, 2.24) is 4.90 Å². The Morgan fingerprint density at radius 2 is 1.52 bits per heavy atom. The molecule has 17 heteroatoms. The Hall–Kier alpha value is -5.33. The summed E-state index contributed by atoms with van der Waals surface area (Å²) in [6.45, 7) is 1.32. The maximum Gasteiger partial charge on any atom is 0.419 e. The molecule has 0 radical (unpaired) electrons. The van der Waals surface area contributed by atoms with Crippen LogP contribution in [0.5, 0.6) is 34.5 Å². The van der Waals surface area contributed by atoms with Crippen LogP contribution in [0.4, 0.5) is 10.5 Å². The SMILES string of the molecule is COc1cc([C@@H]2c3cc4c(cc3C(CCCCN(C)C)[C@H]3COC(=O)[C@H]23)OCO4)cc(OC)c1OC(=O)N(C)c1ccccc1O[C@@H]1OC(C(=O)O)[C@@H](O)C(O)[C@@H]1O. The summed E-state index contributed by atoms with van der Waals surface area (Å²) >= 11 is 0. The van der Waals surface area contributed by atoms with E-state index in [0.29, 0.717) is 17.1 Å². The van der Waals surface area contributed by atoms with Gasteiger partial charge in [-0.1, -0.05) is 18.6 Å². The molecule has 4 aliphatic rings. The van der Waals surface area contributed by atoms with Crippen LogP contribution in [0.2, 0.25) is 0 Å². The average Bonchev–Trinajstić information content (AvgIpc) is 3.84. The largest absolute Gasteiger partial charge is 0.493 e. The van der Waals surface area contributed by atoms with Crippen molar-refractivity contribution in [1.29, 1.82) is 0 Å². The van der Waals surface area contributed by atoms with Crippen molar-refractivity contribution < 1.29 is 72.7 Å². The van der Waals surface area contributed by atoms with Gasteiger partial charge < -0.3 is 63.2 Å². The molecule has 3 aliphatic heterocycles. The number of carbonyl (C=O) groups is 3. The molecule has 0 saturated carbocycles. The van der Waals surface area contributed by atoms with Crippen molar-refractivity contribution in [2.45, 2.75) is 61.8 Å². The summed E-state index contributed by atoms with van der Waals surface area (Å²) in [6, 6.07) is 13.5. The fourth-order valence-corrected chi connectivity index (χ4v) is 8.38. The number of hydrogen-bond acceptors (Lipinski definition) is 15. The number of hydrogen-bond donors (Lipinski definition) is 4. The van der Waals surface area contributed by atoms with Gasteiger partial charge in [0.1, 0.15) is 24.1 Å². The van der Waals surface area contributed by atoms with Gasteiger partial charge in [-0.15, -0.1) is 0 Å². The van der Waals surface area contributed by atoms with E-state index >= 15 is 0 Å². The fraction of sp³-hybridized carbons (Fsp3) is 0.488. The molecule has 17 nitrogen and oxygen atoms in total. The number of aliphatic hydroxyl groups is 3. The molecule has 2 fully saturated rings. The van der Waals surface area contributed by atoms with Gasteiger partial charge in [0.25, 0.3) is 0 Å². The molecule has 0 spiro atoms. The van der Waals surface area contributed by atoms with Gasteiger partial charge in [0.15, 0.2) is 29.1 Å². The highest BCUT2D eigenvalue weighted by molar-refractivity contribution is 5.91. The van der Waals surface area contributed by atoms with Gasteiger partial charge >= 0.3 is 18.0 Å². The quantitative estimate of drug-likeness (QED) is 0.144. The number of benzene rings is 3. The van der Waals surface area contributed by atoms with Crippen molar-refractivity contribution in [3.63, 3.8) is 0 Å². The van der Waals surface area contributed by atoms with Crippen molar-refractivity contribution >= 4 is 23.7 Å². The minimum absolute atomic E-state index is 0.0361. The Bertz CT molecular complexity index is 2000. The number of cyclic esters (lactones) is 1. The fourth-order valence-electron chi connectivity index (χ4n) is 8.38. The van der Waals surface area contributed by atoms with Crippen LogP contribution >= 0.6 is 0 Å². The highest BCUT2D eigenvalue weighted by Gasteiger charge is 2.52. The first-order valence-corrected chi connectivity index (χ1v) is 19.0. The number of carbonyl (C=O) groups excluding carboxylic acids is 2. The number of amides is 1. The minimum Gasteiger partial charge on any atom is -0.493 e. The van der Waals surface area contributed by atoms with Gasteiger partial charge in [0.2, 0.25) is 18.8 Å². The molecule has 9 atom stereocenters. The summed E-state index contributed by atoms with van der Waals surface area (Å²) in [6.07, 6.45) is -7.36. The molecule has 0 aromatic heterocycles. The molecular weight excluding hydrogens is 760 g/mol. The van der Waals surface area contributed by atoms with Gasteiger partial charge in [0, 0.05) is 18.9 Å². The summed E-state index contributed by atoms with van der Waals surface area (Å²) in [4.78, 5) is 42.4. The Labute approximate surface area is 334 Å². The summed E-state index contributed by atoms with van der Waals surface area (Å²) in [5.74, 6) is -1.57. The summed E-state index contributed by atoms with van der Waals surface area (Å²) < 4.78 is 45.9. The van der Waals surface area contributed by atoms with Crippen LogP contribution in [0.1, 0.15) is 47.8 Å². The maximum atomic E-state index is 13.8. The van der Waals surface area contributed by atoms with Gasteiger partial charge in [-0.3, -0.25) is 9.69 Å². The first-order chi connectivity index (χ1) is 27.8. The monoisotopic (exact) mass is 808 g/mol. The molecule has 0 bridgehead atoms. The third kappa shape index (κ3) is 7.67. The second-order valence-electron chi connectivity index (χ2n) is 15.0. The first-order valence-electron chi connectivity index (χ1n) is 19.0. The van der Waals surface area contributed by atoms with E-state index in [1.807, 2.05) is 26.2 Å². The number of unbranched alkanes of at least 4 members (excludes halogenated alkanes) is 1. The number of methoxy groups -OCH3 is 2. The van der Waals surface area contributed by atoms with Gasteiger partial charge in [-0.25, -0.2) is 9.59 Å². The van der Waals surface area contributed by atoms with E-state index in [-0.39, 0.29) is 59.9 Å². The van der Waals surface area contributed by atoms with Crippen molar-refractivity contribution in [2.75, 3.05) is 60.2 Å². The Morgan fingerprint density at radius 3 is 2.17 bits per heavy atom. The first kappa shape index (κ1) is 40.9. The van der Waals surface area contributed by atoms with Crippen molar-refractivity contribution in [3.05, 3.63) is 65.2 Å². The Balaban J connectivity index is 1.19. The van der Waals surface area contributed by atoms with E-state index < -0.39 is 54.6 Å². The lowest BCUT2D eigenvalue weighted by Crippen LogP contribution is -2.61. The predicted molar refractivity (Wildman–Crippen MR) is 203 cm³/mol. The van der Waals surface area contributed by atoms with Crippen LogP contribution in [0.3, 0.4) is 0 Å². The molecular formula is C41H48N2O15. The van der Waals surface area contributed by atoms with E-state index in [2.05, 4.69) is 4.90 Å². The number of aliphatic carboxylic acids is 1. The highest BCUT2D eigenvalue weighted by Crippen LogP contribution is 2.57. The number of esters is 1. The lowest BCUT2D eigenvalue weighted by molar-refractivity contribution is -0.271. The Morgan fingerprint density at radius 1 is 0.845 bits per heavy atom. The normalized spacial score (nSPS) is 27.0. The number of aliphatic hydroxyl groups excluding tert-OH is 3. The molecule has 2 saturated heterocycles. The van der Waals surface area contributed by atoms with Crippen LogP contribution in [0.15, 0.2) is 48.5 Å². The third-order valence-electron chi connectivity index (χ3n) is 11.3. The third-order valence-corrected chi connectivity index (χ3v) is 11.3. The molecule has 1 aliphatic carbocycles. The van der Waals surface area contributed by atoms with Crippen LogP contribution in [-0.2, 0) is 19.1 Å². The number of rotatable bonds is 13.